The molecule has 4 heteroatoms. The Morgan fingerprint density at radius 2 is 1.83 bits per heavy atom. The molecule has 0 fully saturated rings. The highest BCUT2D eigenvalue weighted by molar-refractivity contribution is 6.02. The monoisotopic (exact) mass is 326 g/mol. The molecule has 128 valence electrons. The van der Waals surface area contributed by atoms with Gasteiger partial charge in [-0.2, -0.15) is 0 Å². The third kappa shape index (κ3) is 4.34. The molecule has 2 aromatic rings. The number of H-pyrrole nitrogens is 1. The molecule has 0 aliphatic carbocycles. The fraction of sp³-hybridized carbons (Fsp3) is 0.400. The van der Waals surface area contributed by atoms with Crippen molar-refractivity contribution in [1.29, 1.82) is 0 Å². The summed E-state index contributed by atoms with van der Waals surface area (Å²) in [6.45, 7) is 6.07. The highest BCUT2D eigenvalue weighted by Gasteiger charge is 2.21. The lowest BCUT2D eigenvalue weighted by molar-refractivity contribution is 0.0947. The molecular weight excluding hydrogens is 300 g/mol. The number of nitrogens with one attached hydrogen (secondary N) is 2. The summed E-state index contributed by atoms with van der Waals surface area (Å²) < 4.78 is 0. The van der Waals surface area contributed by atoms with E-state index in [4.69, 9.17) is 0 Å². The fourth-order valence-corrected chi connectivity index (χ4v) is 3.07. The van der Waals surface area contributed by atoms with Crippen molar-refractivity contribution in [2.75, 3.05) is 6.54 Å². The van der Waals surface area contributed by atoms with Crippen molar-refractivity contribution in [2.45, 2.75) is 46.5 Å². The van der Waals surface area contributed by atoms with Gasteiger partial charge in [0.1, 0.15) is 5.69 Å². The van der Waals surface area contributed by atoms with Crippen molar-refractivity contribution in [3.8, 4) is 0 Å². The minimum absolute atomic E-state index is 0.00956. The van der Waals surface area contributed by atoms with Crippen LogP contribution in [0.25, 0.3) is 0 Å². The van der Waals surface area contributed by atoms with Gasteiger partial charge in [-0.15, -0.1) is 0 Å². The molecule has 1 aromatic heterocycles. The maximum absolute atomic E-state index is 12.5. The van der Waals surface area contributed by atoms with Gasteiger partial charge in [0.05, 0.1) is 0 Å². The number of aryl methyl sites for hydroxylation is 2. The van der Waals surface area contributed by atoms with E-state index in [1.807, 2.05) is 32.0 Å². The van der Waals surface area contributed by atoms with Crippen LogP contribution in [0.3, 0.4) is 0 Å². The molecule has 0 aliphatic heterocycles. The largest absolute Gasteiger partial charge is 0.354 e. The molecule has 0 radical (unpaired) electrons. The van der Waals surface area contributed by atoms with E-state index >= 15 is 0 Å². The van der Waals surface area contributed by atoms with E-state index in [9.17, 15) is 9.59 Å². The van der Waals surface area contributed by atoms with Crippen molar-refractivity contribution in [3.05, 3.63) is 58.4 Å². The maximum Gasteiger partial charge on any atom is 0.268 e. The number of amides is 1. The van der Waals surface area contributed by atoms with Gasteiger partial charge in [0.15, 0.2) is 5.78 Å². The number of Topliss-reactive ketones (excluding diaryl/α,β-unsaturated/α-hetero) is 1. The minimum atomic E-state index is -0.123. The van der Waals surface area contributed by atoms with Gasteiger partial charge in [-0.1, -0.05) is 43.7 Å². The third-order valence-corrected chi connectivity index (χ3v) is 4.14. The number of ketones is 1. The molecule has 4 nitrogen and oxygen atoms in total. The van der Waals surface area contributed by atoms with Crippen molar-refractivity contribution >= 4 is 11.7 Å². The van der Waals surface area contributed by atoms with Crippen molar-refractivity contribution in [3.63, 3.8) is 0 Å². The molecule has 1 aromatic carbocycles. The first-order valence-corrected chi connectivity index (χ1v) is 8.59. The second kappa shape index (κ2) is 8.48. The third-order valence-electron chi connectivity index (χ3n) is 4.14. The molecule has 0 aliphatic rings. The van der Waals surface area contributed by atoms with Crippen LogP contribution in [-0.4, -0.2) is 23.2 Å². The van der Waals surface area contributed by atoms with Gasteiger partial charge < -0.3 is 10.3 Å². The van der Waals surface area contributed by atoms with E-state index in [0.29, 0.717) is 17.8 Å². The normalized spacial score (nSPS) is 10.6. The highest BCUT2D eigenvalue weighted by atomic mass is 16.2. The number of benzene rings is 1. The first-order chi connectivity index (χ1) is 11.5. The summed E-state index contributed by atoms with van der Waals surface area (Å²) in [5, 5.41) is 2.97. The second-order valence-corrected chi connectivity index (χ2v) is 6.13. The van der Waals surface area contributed by atoms with Crippen molar-refractivity contribution < 1.29 is 9.59 Å². The first kappa shape index (κ1) is 18.0. The molecule has 2 N–H and O–H groups in total. The van der Waals surface area contributed by atoms with E-state index in [1.165, 1.54) is 5.56 Å². The average molecular weight is 326 g/mol. The van der Waals surface area contributed by atoms with Gasteiger partial charge in [0.2, 0.25) is 0 Å². The van der Waals surface area contributed by atoms with E-state index in [2.05, 4.69) is 22.4 Å². The summed E-state index contributed by atoms with van der Waals surface area (Å²) in [6.07, 6.45) is 3.45. The summed E-state index contributed by atoms with van der Waals surface area (Å²) in [6, 6.07) is 10.2. The number of aromatic amines is 1. The highest BCUT2D eigenvalue weighted by Crippen LogP contribution is 2.21. The lowest BCUT2D eigenvalue weighted by Gasteiger charge is -2.07. The molecule has 1 heterocycles. The van der Waals surface area contributed by atoms with Crippen LogP contribution in [0.2, 0.25) is 0 Å². The van der Waals surface area contributed by atoms with Crippen LogP contribution in [0, 0.1) is 6.92 Å². The molecule has 0 bridgehead atoms. The Labute approximate surface area is 143 Å². The van der Waals surface area contributed by atoms with E-state index in [-0.39, 0.29) is 11.7 Å². The number of rotatable bonds is 8. The number of aromatic nitrogens is 1. The number of carbonyl (C=O) groups excluding carboxylic acids is 2. The number of carbonyl (C=O) groups is 2. The average Bonchev–Trinajstić information content (AvgIpc) is 2.89. The molecule has 0 spiro atoms. The Morgan fingerprint density at radius 1 is 1.12 bits per heavy atom. The lowest BCUT2D eigenvalue weighted by atomic mass is 10.0. The van der Waals surface area contributed by atoms with Crippen LogP contribution in [0.15, 0.2) is 30.3 Å². The van der Waals surface area contributed by atoms with Gasteiger partial charge in [-0.05, 0) is 44.2 Å². The topological polar surface area (TPSA) is 62.0 Å². The van der Waals surface area contributed by atoms with Crippen LogP contribution in [0.5, 0.6) is 0 Å². The van der Waals surface area contributed by atoms with Gasteiger partial charge in [-0.3, -0.25) is 9.59 Å². The summed E-state index contributed by atoms with van der Waals surface area (Å²) >= 11 is 0. The summed E-state index contributed by atoms with van der Waals surface area (Å²) in [7, 11) is 0. The number of hydrogen-bond donors (Lipinski definition) is 2. The first-order valence-electron chi connectivity index (χ1n) is 8.59. The molecule has 0 atom stereocenters. The number of hydrogen-bond acceptors (Lipinski definition) is 2. The van der Waals surface area contributed by atoms with Crippen LogP contribution >= 0.6 is 0 Å². The summed E-state index contributed by atoms with van der Waals surface area (Å²) in [5.74, 6) is -0.113. The molecule has 0 unspecified atom stereocenters. The van der Waals surface area contributed by atoms with Crippen LogP contribution in [0.4, 0.5) is 0 Å². The smallest absolute Gasteiger partial charge is 0.268 e. The van der Waals surface area contributed by atoms with Gasteiger partial charge >= 0.3 is 0 Å². The zero-order valence-corrected chi connectivity index (χ0v) is 14.7. The van der Waals surface area contributed by atoms with Crippen LogP contribution in [0.1, 0.15) is 64.4 Å². The molecular formula is C20H26N2O2. The fourth-order valence-electron chi connectivity index (χ4n) is 3.07. The lowest BCUT2D eigenvalue weighted by Crippen LogP contribution is -2.26. The Hall–Kier alpha value is -2.36. The van der Waals surface area contributed by atoms with Crippen molar-refractivity contribution in [1.82, 2.24) is 10.3 Å². The van der Waals surface area contributed by atoms with Gasteiger partial charge in [-0.25, -0.2) is 0 Å². The molecule has 1 amide bonds. The van der Waals surface area contributed by atoms with E-state index in [1.54, 1.807) is 6.92 Å². The molecule has 0 saturated heterocycles. The Bertz CT molecular complexity index is 702. The zero-order chi connectivity index (χ0) is 17.5. The second-order valence-electron chi connectivity index (χ2n) is 6.13. The standard InChI is InChI=1S/C20H26N2O2/c1-4-9-17-18(15(3)23)14(2)22-19(17)20(24)21-13-8-12-16-10-6-5-7-11-16/h5-7,10-11,22H,4,8-9,12-13H2,1-3H3,(H,21,24). The summed E-state index contributed by atoms with van der Waals surface area (Å²) in [5.41, 5.74) is 4.11. The minimum Gasteiger partial charge on any atom is -0.354 e. The quantitative estimate of drug-likeness (QED) is 0.572. The molecule has 0 saturated carbocycles. The Morgan fingerprint density at radius 3 is 2.46 bits per heavy atom. The molecule has 24 heavy (non-hydrogen) atoms. The predicted molar refractivity (Wildman–Crippen MR) is 96.6 cm³/mol. The van der Waals surface area contributed by atoms with Gasteiger partial charge in [0, 0.05) is 17.8 Å². The van der Waals surface area contributed by atoms with Crippen LogP contribution < -0.4 is 5.32 Å². The molecule has 2 rings (SSSR count). The van der Waals surface area contributed by atoms with E-state index < -0.39 is 0 Å². The summed E-state index contributed by atoms with van der Waals surface area (Å²) in [4.78, 5) is 27.5. The SMILES string of the molecule is CCCc1c(C(=O)NCCCc2ccccc2)[nH]c(C)c1C(C)=O. The van der Waals surface area contributed by atoms with Crippen LogP contribution in [-0.2, 0) is 12.8 Å². The maximum atomic E-state index is 12.5. The Kier molecular flexibility index (Phi) is 6.36. The zero-order valence-electron chi connectivity index (χ0n) is 14.7. The predicted octanol–water partition coefficient (Wildman–Crippen LogP) is 3.84. The van der Waals surface area contributed by atoms with E-state index in [0.717, 1.165) is 36.9 Å². The van der Waals surface area contributed by atoms with Gasteiger partial charge in [0.25, 0.3) is 5.91 Å². The Balaban J connectivity index is 1.99. The van der Waals surface area contributed by atoms with Crippen molar-refractivity contribution in [2.24, 2.45) is 0 Å².